The summed E-state index contributed by atoms with van der Waals surface area (Å²) in [6.07, 6.45) is 4.22. The van der Waals surface area contributed by atoms with Gasteiger partial charge in [0.25, 0.3) is 0 Å². The molecule has 0 aliphatic heterocycles. The fourth-order valence-corrected chi connectivity index (χ4v) is 3.67. The lowest BCUT2D eigenvalue weighted by Gasteiger charge is -2.16. The lowest BCUT2D eigenvalue weighted by atomic mass is 9.92. The third-order valence-electron chi connectivity index (χ3n) is 3.86. The van der Waals surface area contributed by atoms with Crippen LogP contribution in [0.25, 0.3) is 0 Å². The van der Waals surface area contributed by atoms with E-state index in [9.17, 15) is 8.42 Å². The fraction of sp³-hybridized carbons (Fsp3) is 0.294. The van der Waals surface area contributed by atoms with Crippen molar-refractivity contribution >= 4 is 10.1 Å². The molecule has 0 fully saturated rings. The molecule has 0 N–H and O–H groups in total. The van der Waals surface area contributed by atoms with Crippen molar-refractivity contribution in [3.05, 3.63) is 53.6 Å². The van der Waals surface area contributed by atoms with Crippen LogP contribution in [0, 0.1) is 0 Å². The molecule has 0 spiro atoms. The zero-order valence-electron chi connectivity index (χ0n) is 12.4. The first-order chi connectivity index (χ1) is 10.6. The van der Waals surface area contributed by atoms with Gasteiger partial charge in [-0.3, -0.25) is 0 Å². The minimum atomic E-state index is -3.83. The number of methoxy groups -OCH3 is 1. The molecule has 3 rings (SSSR count). The monoisotopic (exact) mass is 318 g/mol. The summed E-state index contributed by atoms with van der Waals surface area (Å²) in [6.45, 7) is 0. The smallest absolute Gasteiger partial charge is 0.339 e. The van der Waals surface area contributed by atoms with Crippen molar-refractivity contribution in [3.8, 4) is 11.5 Å². The van der Waals surface area contributed by atoms with Crippen molar-refractivity contribution in [2.45, 2.75) is 30.6 Å². The van der Waals surface area contributed by atoms with Crippen LogP contribution in [0.2, 0.25) is 0 Å². The summed E-state index contributed by atoms with van der Waals surface area (Å²) >= 11 is 0. The number of hydrogen-bond acceptors (Lipinski definition) is 4. The van der Waals surface area contributed by atoms with Crippen LogP contribution in [0.5, 0.6) is 11.5 Å². The average molecular weight is 318 g/mol. The van der Waals surface area contributed by atoms with Crippen molar-refractivity contribution in [2.24, 2.45) is 0 Å². The lowest BCUT2D eigenvalue weighted by Crippen LogP contribution is -2.12. The first-order valence-electron chi connectivity index (χ1n) is 7.29. The van der Waals surface area contributed by atoms with E-state index in [4.69, 9.17) is 8.92 Å². The summed E-state index contributed by atoms with van der Waals surface area (Å²) in [5.74, 6) is 0.801. The quantitative estimate of drug-likeness (QED) is 0.811. The number of rotatable bonds is 4. The Hall–Kier alpha value is -2.01. The van der Waals surface area contributed by atoms with Crippen molar-refractivity contribution in [2.75, 3.05) is 7.11 Å². The Morgan fingerprint density at radius 1 is 0.909 bits per heavy atom. The summed E-state index contributed by atoms with van der Waals surface area (Å²) in [7, 11) is -2.30. The molecule has 0 heterocycles. The van der Waals surface area contributed by atoms with Gasteiger partial charge in [0.05, 0.1) is 7.11 Å². The molecule has 0 atom stereocenters. The van der Waals surface area contributed by atoms with Crippen LogP contribution in [-0.4, -0.2) is 15.5 Å². The van der Waals surface area contributed by atoms with Crippen molar-refractivity contribution in [1.29, 1.82) is 0 Å². The highest BCUT2D eigenvalue weighted by Crippen LogP contribution is 2.27. The van der Waals surface area contributed by atoms with E-state index in [-0.39, 0.29) is 10.6 Å². The summed E-state index contributed by atoms with van der Waals surface area (Å²) in [5.41, 5.74) is 2.35. The van der Waals surface area contributed by atoms with Gasteiger partial charge in [0, 0.05) is 6.07 Å². The highest BCUT2D eigenvalue weighted by Gasteiger charge is 2.19. The summed E-state index contributed by atoms with van der Waals surface area (Å²) in [5, 5.41) is 0. The molecule has 2 aromatic rings. The molecule has 0 bridgehead atoms. The van der Waals surface area contributed by atoms with Gasteiger partial charge >= 0.3 is 10.1 Å². The van der Waals surface area contributed by atoms with E-state index in [2.05, 4.69) is 0 Å². The Bertz CT molecular complexity index is 781. The molecule has 1 aliphatic carbocycles. The molecule has 116 valence electrons. The molecule has 0 amide bonds. The van der Waals surface area contributed by atoms with Crippen molar-refractivity contribution < 1.29 is 17.3 Å². The number of ether oxygens (including phenoxy) is 1. The summed E-state index contributed by atoms with van der Waals surface area (Å²) < 4.78 is 35.1. The fourth-order valence-electron chi connectivity index (χ4n) is 2.69. The second-order valence-corrected chi connectivity index (χ2v) is 6.90. The molecule has 4 nitrogen and oxygen atoms in total. The van der Waals surface area contributed by atoms with Gasteiger partial charge in [0.2, 0.25) is 0 Å². The zero-order chi connectivity index (χ0) is 15.6. The highest BCUT2D eigenvalue weighted by molar-refractivity contribution is 7.87. The van der Waals surface area contributed by atoms with E-state index >= 15 is 0 Å². The largest absolute Gasteiger partial charge is 0.497 e. The molecule has 0 unspecified atom stereocenters. The minimum Gasteiger partial charge on any atom is -0.497 e. The molecule has 0 aromatic heterocycles. The second-order valence-electron chi connectivity index (χ2n) is 5.35. The van der Waals surface area contributed by atoms with E-state index in [1.807, 2.05) is 6.07 Å². The molecule has 0 radical (unpaired) electrons. The van der Waals surface area contributed by atoms with Gasteiger partial charge in [0.1, 0.15) is 16.4 Å². The Balaban J connectivity index is 1.89. The topological polar surface area (TPSA) is 52.6 Å². The SMILES string of the molecule is COc1cccc(OS(=O)(=O)c2ccc3c(c2)CCCC3)c1. The predicted octanol–water partition coefficient (Wildman–Crippen LogP) is 3.34. The van der Waals surface area contributed by atoms with Gasteiger partial charge in [-0.2, -0.15) is 8.42 Å². The molecule has 0 saturated carbocycles. The number of hydrogen-bond donors (Lipinski definition) is 0. The van der Waals surface area contributed by atoms with Gasteiger partial charge in [-0.15, -0.1) is 0 Å². The van der Waals surface area contributed by atoms with E-state index in [1.54, 1.807) is 36.4 Å². The van der Waals surface area contributed by atoms with E-state index in [1.165, 1.54) is 19.1 Å². The molecular weight excluding hydrogens is 300 g/mol. The number of fused-ring (bicyclic) bond motifs is 1. The highest BCUT2D eigenvalue weighted by atomic mass is 32.2. The van der Waals surface area contributed by atoms with Crippen LogP contribution in [0.4, 0.5) is 0 Å². The molecule has 5 heteroatoms. The lowest BCUT2D eigenvalue weighted by molar-refractivity contribution is 0.411. The summed E-state index contributed by atoms with van der Waals surface area (Å²) in [6, 6.07) is 11.8. The maximum absolute atomic E-state index is 12.4. The maximum atomic E-state index is 12.4. The van der Waals surface area contributed by atoms with E-state index in [0.717, 1.165) is 24.8 Å². The van der Waals surface area contributed by atoms with Gasteiger partial charge in [-0.1, -0.05) is 12.1 Å². The van der Waals surface area contributed by atoms with E-state index in [0.29, 0.717) is 5.75 Å². The average Bonchev–Trinajstić information content (AvgIpc) is 2.54. The normalized spacial score (nSPS) is 14.2. The molecule has 1 aliphatic rings. The standard InChI is InChI=1S/C17H18O4S/c1-20-15-7-4-8-16(12-15)21-22(18,19)17-10-9-13-5-2-3-6-14(13)11-17/h4,7-12H,2-3,5-6H2,1H3. The van der Waals surface area contributed by atoms with Gasteiger partial charge < -0.3 is 8.92 Å². The third-order valence-corrected chi connectivity index (χ3v) is 5.10. The Labute approximate surface area is 130 Å². The Morgan fingerprint density at radius 2 is 1.64 bits per heavy atom. The van der Waals surface area contributed by atoms with Crippen LogP contribution in [0.15, 0.2) is 47.4 Å². The van der Waals surface area contributed by atoms with Crippen molar-refractivity contribution in [1.82, 2.24) is 0 Å². The zero-order valence-corrected chi connectivity index (χ0v) is 13.2. The molecule has 0 saturated heterocycles. The van der Waals surface area contributed by atoms with Crippen LogP contribution < -0.4 is 8.92 Å². The van der Waals surface area contributed by atoms with Crippen LogP contribution >= 0.6 is 0 Å². The van der Waals surface area contributed by atoms with Crippen LogP contribution in [0.3, 0.4) is 0 Å². The first-order valence-corrected chi connectivity index (χ1v) is 8.70. The summed E-state index contributed by atoms with van der Waals surface area (Å²) in [4.78, 5) is 0.205. The number of benzene rings is 2. The Morgan fingerprint density at radius 3 is 2.41 bits per heavy atom. The molecule has 2 aromatic carbocycles. The minimum absolute atomic E-state index is 0.205. The molecule has 22 heavy (non-hydrogen) atoms. The van der Waals surface area contributed by atoms with Gasteiger partial charge in [-0.25, -0.2) is 0 Å². The second kappa shape index (κ2) is 6.01. The molecular formula is C17H18O4S. The van der Waals surface area contributed by atoms with E-state index < -0.39 is 10.1 Å². The number of aryl methyl sites for hydroxylation is 2. The first kappa shape index (κ1) is 14.9. The van der Waals surface area contributed by atoms with Crippen LogP contribution in [-0.2, 0) is 23.0 Å². The van der Waals surface area contributed by atoms with Gasteiger partial charge in [0.15, 0.2) is 0 Å². The van der Waals surface area contributed by atoms with Gasteiger partial charge in [-0.05, 0) is 61.1 Å². The van der Waals surface area contributed by atoms with Crippen LogP contribution in [0.1, 0.15) is 24.0 Å². The predicted molar refractivity (Wildman–Crippen MR) is 83.9 cm³/mol. The Kier molecular flexibility index (Phi) is 4.07. The van der Waals surface area contributed by atoms with Crippen molar-refractivity contribution in [3.63, 3.8) is 0 Å². The third kappa shape index (κ3) is 3.09. The maximum Gasteiger partial charge on any atom is 0.339 e.